The van der Waals surface area contributed by atoms with E-state index in [1.165, 1.54) is 6.42 Å². The molecule has 1 aliphatic heterocycles. The Labute approximate surface area is 108 Å². The Hall–Kier alpha value is -0.800. The molecule has 2 aliphatic rings. The van der Waals surface area contributed by atoms with Crippen molar-refractivity contribution < 1.29 is 14.3 Å². The second-order valence-corrected chi connectivity index (χ2v) is 6.52. The molecule has 0 amide bonds. The van der Waals surface area contributed by atoms with Gasteiger partial charge in [-0.3, -0.25) is 0 Å². The van der Waals surface area contributed by atoms with Crippen molar-refractivity contribution in [3.8, 4) is 0 Å². The van der Waals surface area contributed by atoms with Gasteiger partial charge in [-0.25, -0.2) is 0 Å². The zero-order chi connectivity index (χ0) is 12.8. The van der Waals surface area contributed by atoms with Crippen molar-refractivity contribution in [3.05, 3.63) is 24.2 Å². The fourth-order valence-corrected chi connectivity index (χ4v) is 4.01. The Morgan fingerprint density at radius 1 is 1.39 bits per heavy atom. The van der Waals surface area contributed by atoms with Crippen LogP contribution in [0.2, 0.25) is 0 Å². The van der Waals surface area contributed by atoms with Crippen molar-refractivity contribution in [3.63, 3.8) is 0 Å². The first kappa shape index (κ1) is 12.2. The molecule has 2 fully saturated rings. The summed E-state index contributed by atoms with van der Waals surface area (Å²) in [4.78, 5) is 0. The van der Waals surface area contributed by atoms with Crippen molar-refractivity contribution in [1.82, 2.24) is 0 Å². The molecule has 3 rings (SSSR count). The summed E-state index contributed by atoms with van der Waals surface area (Å²) in [6.45, 7) is 4.75. The van der Waals surface area contributed by atoms with Gasteiger partial charge in [0.1, 0.15) is 0 Å². The maximum Gasteiger partial charge on any atom is 0.0960 e. The van der Waals surface area contributed by atoms with Crippen molar-refractivity contribution >= 4 is 0 Å². The molecule has 3 nitrogen and oxygen atoms in total. The number of aliphatic hydroxyl groups excluding tert-OH is 1. The Bertz CT molecular complexity index is 409. The van der Waals surface area contributed by atoms with Gasteiger partial charge in [-0.1, -0.05) is 13.8 Å². The number of hydrogen-bond donors (Lipinski definition) is 1. The van der Waals surface area contributed by atoms with Gasteiger partial charge in [0.05, 0.1) is 30.8 Å². The molecular weight excluding hydrogens is 228 g/mol. The quantitative estimate of drug-likeness (QED) is 0.875. The van der Waals surface area contributed by atoms with Gasteiger partial charge in [-0.2, -0.15) is 0 Å². The van der Waals surface area contributed by atoms with Gasteiger partial charge in [-0.15, -0.1) is 0 Å². The molecule has 100 valence electrons. The summed E-state index contributed by atoms with van der Waals surface area (Å²) in [5, 5.41) is 9.85. The van der Waals surface area contributed by atoms with Crippen LogP contribution in [0.25, 0.3) is 0 Å². The van der Waals surface area contributed by atoms with E-state index in [1.807, 2.05) is 6.07 Å². The second kappa shape index (κ2) is 4.10. The van der Waals surface area contributed by atoms with Gasteiger partial charge >= 0.3 is 0 Å². The summed E-state index contributed by atoms with van der Waals surface area (Å²) in [6, 6.07) is 1.97. The number of fused-ring (bicyclic) bond motifs is 1. The van der Waals surface area contributed by atoms with Crippen LogP contribution in [0.5, 0.6) is 0 Å². The zero-order valence-corrected chi connectivity index (χ0v) is 11.2. The van der Waals surface area contributed by atoms with Crippen LogP contribution in [-0.2, 0) is 4.74 Å². The van der Waals surface area contributed by atoms with Crippen LogP contribution >= 0.6 is 0 Å². The number of rotatable bonds is 2. The van der Waals surface area contributed by atoms with E-state index < -0.39 is 0 Å². The van der Waals surface area contributed by atoms with Crippen LogP contribution in [0, 0.1) is 11.3 Å². The third kappa shape index (κ3) is 1.72. The molecule has 2 heterocycles. The third-order valence-electron chi connectivity index (χ3n) is 5.01. The molecule has 3 heteroatoms. The molecule has 1 saturated carbocycles. The Balaban J connectivity index is 1.91. The SMILES string of the molecule is CC1(C)CCC[C@@]2(CO)O[C@H](c3ccoc3)C[C@@H]12. The molecule has 3 atom stereocenters. The second-order valence-electron chi connectivity index (χ2n) is 6.52. The minimum atomic E-state index is -0.330. The maximum atomic E-state index is 9.85. The van der Waals surface area contributed by atoms with E-state index in [0.717, 1.165) is 24.8 Å². The molecule has 0 radical (unpaired) electrons. The van der Waals surface area contributed by atoms with Crippen LogP contribution in [-0.4, -0.2) is 17.3 Å². The number of ether oxygens (including phenoxy) is 1. The molecule has 1 aliphatic carbocycles. The first-order valence-corrected chi connectivity index (χ1v) is 6.88. The molecule has 18 heavy (non-hydrogen) atoms. The molecule has 1 N–H and O–H groups in total. The molecule has 0 bridgehead atoms. The lowest BCUT2D eigenvalue weighted by atomic mass is 9.61. The standard InChI is InChI=1S/C15H22O3/c1-14(2)5-3-6-15(10-16)13(14)8-12(18-15)11-4-7-17-9-11/h4,7,9,12-13,16H,3,5-6,8,10H2,1-2H3/t12-,13-,15-/m0/s1. The smallest absolute Gasteiger partial charge is 0.0960 e. The van der Waals surface area contributed by atoms with Crippen LogP contribution in [0.4, 0.5) is 0 Å². The van der Waals surface area contributed by atoms with Gasteiger partial charge in [0.2, 0.25) is 0 Å². The van der Waals surface area contributed by atoms with Gasteiger partial charge < -0.3 is 14.3 Å². The predicted molar refractivity (Wildman–Crippen MR) is 68.1 cm³/mol. The Morgan fingerprint density at radius 2 is 2.22 bits per heavy atom. The maximum absolute atomic E-state index is 9.85. The third-order valence-corrected chi connectivity index (χ3v) is 5.01. The van der Waals surface area contributed by atoms with E-state index in [9.17, 15) is 5.11 Å². The van der Waals surface area contributed by atoms with Gasteiger partial charge in [0.25, 0.3) is 0 Å². The predicted octanol–water partition coefficient (Wildman–Crippen LogP) is 3.30. The number of furan rings is 1. The van der Waals surface area contributed by atoms with Crippen LogP contribution in [0.3, 0.4) is 0 Å². The highest BCUT2D eigenvalue weighted by Gasteiger charge is 2.56. The molecule has 0 aromatic carbocycles. The van der Waals surface area contributed by atoms with Crippen LogP contribution in [0.1, 0.15) is 51.2 Å². The van der Waals surface area contributed by atoms with E-state index in [0.29, 0.717) is 5.92 Å². The van der Waals surface area contributed by atoms with E-state index in [2.05, 4.69) is 13.8 Å². The summed E-state index contributed by atoms with van der Waals surface area (Å²) in [5.74, 6) is 0.434. The highest BCUT2D eigenvalue weighted by molar-refractivity contribution is 5.15. The summed E-state index contributed by atoms with van der Waals surface area (Å²) >= 11 is 0. The fourth-order valence-electron chi connectivity index (χ4n) is 4.01. The molecular formula is C15H22O3. The molecule has 1 aromatic heterocycles. The Morgan fingerprint density at radius 3 is 2.83 bits per heavy atom. The van der Waals surface area contributed by atoms with E-state index in [4.69, 9.17) is 9.15 Å². The van der Waals surface area contributed by atoms with Crippen LogP contribution < -0.4 is 0 Å². The van der Waals surface area contributed by atoms with Crippen molar-refractivity contribution in [2.75, 3.05) is 6.61 Å². The Kier molecular flexibility index (Phi) is 2.79. The molecule has 1 aromatic rings. The highest BCUT2D eigenvalue weighted by atomic mass is 16.5. The fraction of sp³-hybridized carbons (Fsp3) is 0.733. The molecule has 0 spiro atoms. The highest BCUT2D eigenvalue weighted by Crippen LogP contribution is 2.57. The average Bonchev–Trinajstić information content (AvgIpc) is 2.95. The lowest BCUT2D eigenvalue weighted by Crippen LogP contribution is -2.49. The normalized spacial score (nSPS) is 38.6. The molecule has 1 saturated heterocycles. The summed E-state index contributed by atoms with van der Waals surface area (Å²) in [5.41, 5.74) is 1.02. The van der Waals surface area contributed by atoms with Gasteiger partial charge in [0.15, 0.2) is 0 Å². The zero-order valence-electron chi connectivity index (χ0n) is 11.2. The van der Waals surface area contributed by atoms with E-state index in [1.54, 1.807) is 12.5 Å². The first-order chi connectivity index (χ1) is 8.57. The lowest BCUT2D eigenvalue weighted by Gasteiger charge is -2.46. The minimum Gasteiger partial charge on any atom is -0.472 e. The minimum absolute atomic E-state index is 0.0817. The average molecular weight is 250 g/mol. The summed E-state index contributed by atoms with van der Waals surface area (Å²) in [6.07, 6.45) is 7.87. The number of hydrogen-bond acceptors (Lipinski definition) is 3. The summed E-state index contributed by atoms with van der Waals surface area (Å²) in [7, 11) is 0. The number of aliphatic hydroxyl groups is 1. The summed E-state index contributed by atoms with van der Waals surface area (Å²) < 4.78 is 11.4. The van der Waals surface area contributed by atoms with Crippen LogP contribution in [0.15, 0.2) is 23.0 Å². The van der Waals surface area contributed by atoms with Gasteiger partial charge in [-0.05, 0) is 43.1 Å². The lowest BCUT2D eigenvalue weighted by molar-refractivity contribution is -0.132. The topological polar surface area (TPSA) is 42.6 Å². The monoisotopic (exact) mass is 250 g/mol. The van der Waals surface area contributed by atoms with Crippen molar-refractivity contribution in [2.45, 2.75) is 51.2 Å². The van der Waals surface area contributed by atoms with E-state index >= 15 is 0 Å². The van der Waals surface area contributed by atoms with Gasteiger partial charge in [0, 0.05) is 5.56 Å². The molecule has 0 unspecified atom stereocenters. The largest absolute Gasteiger partial charge is 0.472 e. The van der Waals surface area contributed by atoms with E-state index in [-0.39, 0.29) is 23.7 Å². The first-order valence-electron chi connectivity index (χ1n) is 6.88. The van der Waals surface area contributed by atoms with Crippen molar-refractivity contribution in [2.24, 2.45) is 11.3 Å². The van der Waals surface area contributed by atoms with Crippen molar-refractivity contribution in [1.29, 1.82) is 0 Å².